The van der Waals surface area contributed by atoms with Gasteiger partial charge < -0.3 is 10.7 Å². The number of hydrazine groups is 1. The minimum absolute atomic E-state index is 0.223. The summed E-state index contributed by atoms with van der Waals surface area (Å²) in [4.78, 5) is 27.9. The van der Waals surface area contributed by atoms with Crippen molar-refractivity contribution < 1.29 is 22.8 Å². The molecule has 1 saturated heterocycles. The number of halogens is 3. The largest absolute Gasteiger partial charge is 0.420 e. The zero-order valence-electron chi connectivity index (χ0n) is 10.9. The molecule has 1 aliphatic heterocycles. The van der Waals surface area contributed by atoms with Crippen molar-refractivity contribution >= 4 is 17.6 Å². The maximum Gasteiger partial charge on any atom is 0.420 e. The number of hydrogen-bond donors (Lipinski definition) is 3. The van der Waals surface area contributed by atoms with E-state index in [0.717, 1.165) is 0 Å². The second kappa shape index (κ2) is 4.88. The predicted octanol–water partition coefficient (Wildman–Crippen LogP) is 0.740. The highest BCUT2D eigenvalue weighted by Gasteiger charge is 2.64. The quantitative estimate of drug-likeness (QED) is 0.434. The molecule has 0 radical (unpaired) electrons. The van der Waals surface area contributed by atoms with Crippen LogP contribution in [0.25, 0.3) is 0 Å². The second-order valence-corrected chi connectivity index (χ2v) is 4.62. The van der Waals surface area contributed by atoms with Crippen LogP contribution in [-0.4, -0.2) is 33.5 Å². The molecule has 0 bridgehead atoms. The van der Waals surface area contributed by atoms with Gasteiger partial charge in [0.05, 0.1) is 17.9 Å². The Morgan fingerprint density at radius 2 is 2.14 bits per heavy atom. The molecule has 0 spiro atoms. The molecule has 2 rings (SSSR count). The molecule has 1 aromatic rings. The maximum absolute atomic E-state index is 12.9. The van der Waals surface area contributed by atoms with Crippen molar-refractivity contribution in [2.24, 2.45) is 5.84 Å². The molecule has 0 saturated carbocycles. The van der Waals surface area contributed by atoms with Crippen LogP contribution < -0.4 is 16.6 Å². The molecule has 114 valence electrons. The van der Waals surface area contributed by atoms with E-state index in [4.69, 9.17) is 5.84 Å². The maximum atomic E-state index is 12.9. The van der Waals surface area contributed by atoms with E-state index in [1.807, 2.05) is 0 Å². The molecule has 10 heteroatoms. The number of nitrogens with two attached hydrogens (primary N) is 1. The third-order valence-corrected chi connectivity index (χ3v) is 3.15. The first-order valence-corrected chi connectivity index (χ1v) is 5.81. The molecular formula is C11H12F3N5O2. The number of carbonyl (C=O) groups excluding carboxylic acids is 2. The van der Waals surface area contributed by atoms with Crippen molar-refractivity contribution in [3.05, 3.63) is 24.0 Å². The number of anilines is 1. The highest BCUT2D eigenvalue weighted by Crippen LogP contribution is 2.35. The van der Waals surface area contributed by atoms with Crippen LogP contribution in [0.3, 0.4) is 0 Å². The van der Waals surface area contributed by atoms with E-state index in [1.54, 1.807) is 5.32 Å². The van der Waals surface area contributed by atoms with Crippen LogP contribution in [0.15, 0.2) is 18.3 Å². The number of urea groups is 1. The molecule has 4 N–H and O–H groups in total. The number of hydrogen-bond acceptors (Lipinski definition) is 5. The number of imide groups is 1. The molecule has 1 aromatic heterocycles. The Balaban J connectivity index is 2.25. The van der Waals surface area contributed by atoms with Crippen molar-refractivity contribution in [1.82, 2.24) is 15.2 Å². The lowest BCUT2D eigenvalue weighted by Gasteiger charge is -2.24. The standard InChI is InChI=1S/C11H12F3N5O2/c1-10(11(12,13)14)8(20)19(9(21)17-10)5-7-4-6(18-15)2-3-16-7/h2-4H,5,15H2,1H3,(H,16,18)(H,17,21). The van der Waals surface area contributed by atoms with E-state index < -0.39 is 23.7 Å². The van der Waals surface area contributed by atoms with E-state index >= 15 is 0 Å². The highest BCUT2D eigenvalue weighted by molar-refractivity contribution is 6.07. The Morgan fingerprint density at radius 3 is 2.67 bits per heavy atom. The van der Waals surface area contributed by atoms with Crippen LogP contribution in [-0.2, 0) is 11.3 Å². The zero-order chi connectivity index (χ0) is 15.8. The van der Waals surface area contributed by atoms with Crippen LogP contribution in [0, 0.1) is 0 Å². The summed E-state index contributed by atoms with van der Waals surface area (Å²) < 4.78 is 38.7. The Kier molecular flexibility index (Phi) is 3.49. The molecule has 0 aromatic carbocycles. The Morgan fingerprint density at radius 1 is 1.48 bits per heavy atom. The summed E-state index contributed by atoms with van der Waals surface area (Å²) in [6, 6.07) is 1.83. The first-order valence-electron chi connectivity index (χ1n) is 5.81. The van der Waals surface area contributed by atoms with Crippen LogP contribution in [0.4, 0.5) is 23.7 Å². The Bertz CT molecular complexity index is 591. The third-order valence-electron chi connectivity index (χ3n) is 3.15. The van der Waals surface area contributed by atoms with Crippen molar-refractivity contribution in [3.8, 4) is 0 Å². The SMILES string of the molecule is CC1(C(F)(F)F)NC(=O)N(Cc2cc(NN)ccn2)C1=O. The third kappa shape index (κ3) is 2.49. The topological polar surface area (TPSA) is 100 Å². The summed E-state index contributed by atoms with van der Waals surface area (Å²) in [6.45, 7) is 0.240. The van der Waals surface area contributed by atoms with E-state index in [9.17, 15) is 22.8 Å². The highest BCUT2D eigenvalue weighted by atomic mass is 19.4. The summed E-state index contributed by atoms with van der Waals surface area (Å²) in [6.07, 6.45) is -3.53. The fourth-order valence-corrected chi connectivity index (χ4v) is 1.85. The second-order valence-electron chi connectivity index (χ2n) is 4.62. The monoisotopic (exact) mass is 303 g/mol. The number of nitrogens with one attached hydrogen (secondary N) is 2. The average Bonchev–Trinajstić information content (AvgIpc) is 2.63. The van der Waals surface area contributed by atoms with Gasteiger partial charge in [0.2, 0.25) is 5.54 Å². The molecular weight excluding hydrogens is 291 g/mol. The summed E-state index contributed by atoms with van der Waals surface area (Å²) in [5.41, 5.74) is 0.0806. The normalized spacial score (nSPS) is 22.4. The van der Waals surface area contributed by atoms with Gasteiger partial charge in [0, 0.05) is 6.20 Å². The molecule has 3 amide bonds. The molecule has 0 aliphatic carbocycles. The lowest BCUT2D eigenvalue weighted by molar-refractivity contribution is -0.191. The first kappa shape index (κ1) is 15.0. The Hall–Kier alpha value is -2.36. The first-order chi connectivity index (χ1) is 9.69. The van der Waals surface area contributed by atoms with Gasteiger partial charge in [0.25, 0.3) is 5.91 Å². The summed E-state index contributed by atoms with van der Waals surface area (Å²) in [5, 5.41) is 1.66. The predicted molar refractivity (Wildman–Crippen MR) is 65.6 cm³/mol. The lowest BCUT2D eigenvalue weighted by atomic mass is 10.0. The van der Waals surface area contributed by atoms with Gasteiger partial charge in [0.1, 0.15) is 0 Å². The number of aromatic nitrogens is 1. The van der Waals surface area contributed by atoms with Gasteiger partial charge in [-0.2, -0.15) is 13.2 Å². The number of amides is 3. The van der Waals surface area contributed by atoms with Crippen LogP contribution in [0.1, 0.15) is 12.6 Å². The number of alkyl halides is 3. The van der Waals surface area contributed by atoms with Gasteiger partial charge in [-0.25, -0.2) is 4.79 Å². The number of pyridine rings is 1. The molecule has 1 fully saturated rings. The van der Waals surface area contributed by atoms with Crippen LogP contribution in [0.2, 0.25) is 0 Å². The molecule has 7 nitrogen and oxygen atoms in total. The number of nitrogen functional groups attached to an aromatic ring is 1. The average molecular weight is 303 g/mol. The number of carbonyl (C=O) groups is 2. The van der Waals surface area contributed by atoms with E-state index in [2.05, 4.69) is 10.4 Å². The van der Waals surface area contributed by atoms with Crippen molar-refractivity contribution in [2.45, 2.75) is 25.2 Å². The molecule has 1 aliphatic rings. The van der Waals surface area contributed by atoms with Gasteiger partial charge in [-0.3, -0.25) is 20.5 Å². The van der Waals surface area contributed by atoms with Gasteiger partial charge in [-0.05, 0) is 19.1 Å². The van der Waals surface area contributed by atoms with E-state index in [1.165, 1.54) is 18.3 Å². The fraction of sp³-hybridized carbons (Fsp3) is 0.364. The molecule has 2 heterocycles. The molecule has 1 unspecified atom stereocenters. The fourth-order valence-electron chi connectivity index (χ4n) is 1.85. The van der Waals surface area contributed by atoms with Crippen molar-refractivity contribution in [1.29, 1.82) is 0 Å². The summed E-state index contributed by atoms with van der Waals surface area (Å²) >= 11 is 0. The summed E-state index contributed by atoms with van der Waals surface area (Å²) in [5.74, 6) is 3.83. The van der Waals surface area contributed by atoms with Crippen LogP contribution >= 0.6 is 0 Å². The van der Waals surface area contributed by atoms with Gasteiger partial charge >= 0.3 is 12.2 Å². The van der Waals surface area contributed by atoms with Crippen molar-refractivity contribution in [2.75, 3.05) is 5.43 Å². The zero-order valence-corrected chi connectivity index (χ0v) is 10.9. The molecule has 21 heavy (non-hydrogen) atoms. The lowest BCUT2D eigenvalue weighted by Crippen LogP contribution is -2.56. The van der Waals surface area contributed by atoms with E-state index in [0.29, 0.717) is 17.5 Å². The van der Waals surface area contributed by atoms with Crippen LogP contribution in [0.5, 0.6) is 0 Å². The minimum atomic E-state index is -4.89. The van der Waals surface area contributed by atoms with E-state index in [-0.39, 0.29) is 12.2 Å². The number of nitrogens with zero attached hydrogens (tertiary/aromatic N) is 2. The van der Waals surface area contributed by atoms with Gasteiger partial charge in [-0.1, -0.05) is 0 Å². The summed E-state index contributed by atoms with van der Waals surface area (Å²) in [7, 11) is 0. The minimum Gasteiger partial charge on any atom is -0.324 e. The number of rotatable bonds is 3. The molecule has 1 atom stereocenters. The smallest absolute Gasteiger partial charge is 0.324 e. The van der Waals surface area contributed by atoms with Crippen molar-refractivity contribution in [3.63, 3.8) is 0 Å². The Labute approximate surface area is 117 Å². The van der Waals surface area contributed by atoms with Gasteiger partial charge in [0.15, 0.2) is 0 Å². The van der Waals surface area contributed by atoms with Gasteiger partial charge in [-0.15, -0.1) is 0 Å².